The van der Waals surface area contributed by atoms with Crippen molar-refractivity contribution in [3.05, 3.63) is 64.4 Å². The van der Waals surface area contributed by atoms with Crippen molar-refractivity contribution in [2.75, 3.05) is 0 Å². The van der Waals surface area contributed by atoms with E-state index >= 15 is 0 Å². The number of rotatable bonds is 6. The lowest BCUT2D eigenvalue weighted by Gasteiger charge is -2.16. The number of nitrogens with zero attached hydrogens (tertiary/aromatic N) is 2. The van der Waals surface area contributed by atoms with Gasteiger partial charge in [0.05, 0.1) is 17.1 Å². The third-order valence-corrected chi connectivity index (χ3v) is 4.79. The highest BCUT2D eigenvalue weighted by Crippen LogP contribution is 2.22. The summed E-state index contributed by atoms with van der Waals surface area (Å²) in [6.45, 7) is 5.07. The molecule has 1 amide bonds. The maximum absolute atomic E-state index is 12.5. The zero-order chi connectivity index (χ0) is 17.8. The standard InChI is InChI=1S/C20H22BrN3O/c1-3-4-13-24-18-8-6-5-7-17(18)23-19(24)14(2)22-20(25)15-9-11-16(21)12-10-15/h5-12,14H,3-4,13H2,1-2H3,(H,22,25). The Labute approximate surface area is 156 Å². The summed E-state index contributed by atoms with van der Waals surface area (Å²) in [7, 11) is 0. The predicted molar refractivity (Wildman–Crippen MR) is 105 cm³/mol. The zero-order valence-corrected chi connectivity index (χ0v) is 16.1. The Kier molecular flexibility index (Phi) is 5.53. The fourth-order valence-corrected chi connectivity index (χ4v) is 3.19. The molecule has 0 bridgehead atoms. The Balaban J connectivity index is 1.86. The summed E-state index contributed by atoms with van der Waals surface area (Å²) in [5, 5.41) is 3.07. The molecule has 1 heterocycles. The molecule has 0 aliphatic heterocycles. The van der Waals surface area contributed by atoms with Crippen LogP contribution in [-0.4, -0.2) is 15.5 Å². The summed E-state index contributed by atoms with van der Waals surface area (Å²) < 4.78 is 3.18. The van der Waals surface area contributed by atoms with Gasteiger partial charge in [-0.1, -0.05) is 41.4 Å². The zero-order valence-electron chi connectivity index (χ0n) is 14.5. The minimum absolute atomic E-state index is 0.0888. The summed E-state index contributed by atoms with van der Waals surface area (Å²) in [5.41, 5.74) is 2.74. The molecule has 0 aliphatic rings. The van der Waals surface area contributed by atoms with Crippen LogP contribution in [-0.2, 0) is 6.54 Å². The number of carbonyl (C=O) groups excluding carboxylic acids is 1. The van der Waals surface area contributed by atoms with Crippen molar-refractivity contribution >= 4 is 32.9 Å². The number of nitrogens with one attached hydrogen (secondary N) is 1. The SMILES string of the molecule is CCCCn1c(C(C)NC(=O)c2ccc(Br)cc2)nc2ccccc21. The van der Waals surface area contributed by atoms with Crippen molar-refractivity contribution in [1.29, 1.82) is 0 Å². The lowest BCUT2D eigenvalue weighted by atomic mass is 10.2. The number of aryl methyl sites for hydroxylation is 1. The van der Waals surface area contributed by atoms with Crippen molar-refractivity contribution in [3.8, 4) is 0 Å². The molecule has 1 atom stereocenters. The Morgan fingerprint density at radius 1 is 1.20 bits per heavy atom. The largest absolute Gasteiger partial charge is 0.342 e. The summed E-state index contributed by atoms with van der Waals surface area (Å²) in [5.74, 6) is 0.814. The normalized spacial score (nSPS) is 12.3. The van der Waals surface area contributed by atoms with Crippen LogP contribution in [0, 0.1) is 0 Å². The van der Waals surface area contributed by atoms with Gasteiger partial charge >= 0.3 is 0 Å². The van der Waals surface area contributed by atoms with Crippen LogP contribution in [0.15, 0.2) is 53.0 Å². The van der Waals surface area contributed by atoms with E-state index in [4.69, 9.17) is 4.98 Å². The van der Waals surface area contributed by atoms with Crippen LogP contribution in [0.5, 0.6) is 0 Å². The summed E-state index contributed by atoms with van der Waals surface area (Å²) in [6, 6.07) is 15.3. The van der Waals surface area contributed by atoms with Gasteiger partial charge in [0.25, 0.3) is 5.91 Å². The number of hydrogen-bond acceptors (Lipinski definition) is 2. The first-order chi connectivity index (χ1) is 12.1. The molecule has 5 heteroatoms. The number of benzene rings is 2. The third kappa shape index (κ3) is 3.93. The van der Waals surface area contributed by atoms with Crippen molar-refractivity contribution in [1.82, 2.24) is 14.9 Å². The first-order valence-electron chi connectivity index (χ1n) is 8.61. The molecule has 4 nitrogen and oxygen atoms in total. The molecule has 3 rings (SSSR count). The van der Waals surface area contributed by atoms with Crippen LogP contribution in [0.1, 0.15) is 48.9 Å². The molecule has 0 saturated heterocycles. The van der Waals surface area contributed by atoms with Crippen LogP contribution in [0.25, 0.3) is 11.0 Å². The molecule has 0 spiro atoms. The molecule has 0 saturated carbocycles. The van der Waals surface area contributed by atoms with E-state index in [2.05, 4.69) is 38.8 Å². The second-order valence-electron chi connectivity index (χ2n) is 6.17. The molecule has 0 fully saturated rings. The lowest BCUT2D eigenvalue weighted by Crippen LogP contribution is -2.28. The monoisotopic (exact) mass is 399 g/mol. The Bertz CT molecular complexity index is 870. The number of unbranched alkanes of at least 4 members (excludes halogenated alkanes) is 1. The summed E-state index contributed by atoms with van der Waals surface area (Å²) in [6.07, 6.45) is 2.20. The van der Waals surface area contributed by atoms with Crippen molar-refractivity contribution < 1.29 is 4.79 Å². The van der Waals surface area contributed by atoms with Gasteiger partial charge in [-0.05, 0) is 49.7 Å². The number of amides is 1. The van der Waals surface area contributed by atoms with E-state index in [1.54, 1.807) is 0 Å². The van der Waals surface area contributed by atoms with Gasteiger partial charge in [-0.3, -0.25) is 4.79 Å². The van der Waals surface area contributed by atoms with E-state index < -0.39 is 0 Å². The number of halogens is 1. The average Bonchev–Trinajstić information content (AvgIpc) is 2.99. The van der Waals surface area contributed by atoms with Crippen LogP contribution < -0.4 is 5.32 Å². The van der Waals surface area contributed by atoms with Crippen LogP contribution in [0.4, 0.5) is 0 Å². The molecule has 1 N–H and O–H groups in total. The van der Waals surface area contributed by atoms with Gasteiger partial charge in [-0.2, -0.15) is 0 Å². The second kappa shape index (κ2) is 7.83. The van der Waals surface area contributed by atoms with Gasteiger partial charge in [-0.15, -0.1) is 0 Å². The quantitative estimate of drug-likeness (QED) is 0.627. The number of fused-ring (bicyclic) bond motifs is 1. The molecule has 0 aliphatic carbocycles. The Morgan fingerprint density at radius 3 is 2.64 bits per heavy atom. The van der Waals surface area contributed by atoms with Crippen LogP contribution >= 0.6 is 15.9 Å². The minimum Gasteiger partial charge on any atom is -0.342 e. The summed E-state index contributed by atoms with van der Waals surface area (Å²) >= 11 is 3.39. The van der Waals surface area contributed by atoms with E-state index in [1.165, 1.54) is 0 Å². The van der Waals surface area contributed by atoms with Crippen molar-refractivity contribution in [2.24, 2.45) is 0 Å². The van der Waals surface area contributed by atoms with Gasteiger partial charge < -0.3 is 9.88 Å². The van der Waals surface area contributed by atoms with Gasteiger partial charge in [-0.25, -0.2) is 4.98 Å². The smallest absolute Gasteiger partial charge is 0.251 e. The Morgan fingerprint density at radius 2 is 1.92 bits per heavy atom. The first kappa shape index (κ1) is 17.7. The summed E-state index contributed by atoms with van der Waals surface area (Å²) in [4.78, 5) is 17.3. The highest BCUT2D eigenvalue weighted by atomic mass is 79.9. The number of imidazole rings is 1. The molecular weight excluding hydrogens is 378 g/mol. The maximum atomic E-state index is 12.5. The predicted octanol–water partition coefficient (Wildman–Crippen LogP) is 5.09. The molecule has 0 radical (unpaired) electrons. The van der Waals surface area contributed by atoms with Gasteiger partial charge in [0.15, 0.2) is 0 Å². The second-order valence-corrected chi connectivity index (χ2v) is 7.08. The van der Waals surface area contributed by atoms with Crippen LogP contribution in [0.2, 0.25) is 0 Å². The van der Waals surface area contributed by atoms with Crippen LogP contribution in [0.3, 0.4) is 0 Å². The van der Waals surface area contributed by atoms with Crippen molar-refractivity contribution in [2.45, 2.75) is 39.3 Å². The molecule has 3 aromatic rings. The van der Waals surface area contributed by atoms with Gasteiger partial charge in [0.2, 0.25) is 0 Å². The Hall–Kier alpha value is -2.14. The highest BCUT2D eigenvalue weighted by molar-refractivity contribution is 9.10. The van der Waals surface area contributed by atoms with Gasteiger partial charge in [0.1, 0.15) is 5.82 Å². The third-order valence-electron chi connectivity index (χ3n) is 4.26. The van der Waals surface area contributed by atoms with E-state index in [9.17, 15) is 4.79 Å². The average molecular weight is 400 g/mol. The fourth-order valence-electron chi connectivity index (χ4n) is 2.92. The first-order valence-corrected chi connectivity index (χ1v) is 9.41. The van der Waals surface area contributed by atoms with Gasteiger partial charge in [0, 0.05) is 16.6 Å². The number of carbonyl (C=O) groups is 1. The number of para-hydroxylation sites is 2. The van der Waals surface area contributed by atoms with Crippen molar-refractivity contribution in [3.63, 3.8) is 0 Å². The highest BCUT2D eigenvalue weighted by Gasteiger charge is 2.18. The molecule has 2 aromatic carbocycles. The van der Waals surface area contributed by atoms with E-state index in [0.29, 0.717) is 5.56 Å². The molecule has 25 heavy (non-hydrogen) atoms. The maximum Gasteiger partial charge on any atom is 0.251 e. The molecule has 1 unspecified atom stereocenters. The van der Waals surface area contributed by atoms with E-state index in [-0.39, 0.29) is 11.9 Å². The fraction of sp³-hybridized carbons (Fsp3) is 0.300. The lowest BCUT2D eigenvalue weighted by molar-refractivity contribution is 0.0937. The van der Waals surface area contributed by atoms with E-state index in [0.717, 1.165) is 40.7 Å². The topological polar surface area (TPSA) is 46.9 Å². The molecule has 1 aromatic heterocycles. The molecular formula is C20H22BrN3O. The number of hydrogen-bond donors (Lipinski definition) is 1. The molecule has 130 valence electrons. The number of aromatic nitrogens is 2. The minimum atomic E-state index is -0.166. The van der Waals surface area contributed by atoms with E-state index in [1.807, 2.05) is 49.4 Å².